The van der Waals surface area contributed by atoms with E-state index in [2.05, 4.69) is 20.4 Å². The van der Waals surface area contributed by atoms with E-state index < -0.39 is 0 Å². The zero-order chi connectivity index (χ0) is 19.2. The van der Waals surface area contributed by atoms with Crippen LogP contribution in [0.1, 0.15) is 6.92 Å². The third kappa shape index (κ3) is 4.08. The number of nitrogens with one attached hydrogen (secondary N) is 1. The number of pyridine rings is 1. The summed E-state index contributed by atoms with van der Waals surface area (Å²) in [6, 6.07) is 5.58. The van der Waals surface area contributed by atoms with E-state index >= 15 is 0 Å². The number of imidazole rings is 1. The number of aromatic nitrogens is 4. The number of anilines is 1. The molecular formula is C18H22N6O3. The smallest absolute Gasteiger partial charge is 0.409 e. The van der Waals surface area contributed by atoms with Crippen LogP contribution in [0.25, 0.3) is 16.9 Å². The lowest BCUT2D eigenvalue weighted by molar-refractivity contribution is 0.117. The van der Waals surface area contributed by atoms with Crippen molar-refractivity contribution in [1.29, 1.82) is 0 Å². The molecule has 0 aromatic carbocycles. The number of carbonyl (C=O) groups is 1. The molecule has 0 radical (unpaired) electrons. The second-order valence-electron chi connectivity index (χ2n) is 5.76. The van der Waals surface area contributed by atoms with Gasteiger partial charge in [-0.1, -0.05) is 0 Å². The third-order valence-electron chi connectivity index (χ3n) is 3.98. The molecule has 0 bridgehead atoms. The van der Waals surface area contributed by atoms with E-state index in [1.807, 2.05) is 18.2 Å². The molecule has 1 amide bonds. The maximum atomic E-state index is 11.6. The largest absolute Gasteiger partial charge is 0.494 e. The van der Waals surface area contributed by atoms with Gasteiger partial charge in [0.25, 0.3) is 0 Å². The standard InChI is InChI=1S/C18H22N6O3/c1-4-27-18(25)23(2)10-9-20-16-5-6-17-21-11-14(24(17)22-16)13-7-8-19-12-15(13)26-3/h5-8,11-12H,4,9-10H2,1-3H3,(H,20,22). The first-order valence-electron chi connectivity index (χ1n) is 8.59. The molecule has 3 rings (SSSR count). The van der Waals surface area contributed by atoms with E-state index in [0.717, 1.165) is 16.9 Å². The van der Waals surface area contributed by atoms with Crippen molar-refractivity contribution in [3.05, 3.63) is 36.8 Å². The molecule has 1 N–H and O–H groups in total. The van der Waals surface area contributed by atoms with Gasteiger partial charge in [0.2, 0.25) is 0 Å². The number of hydrogen-bond acceptors (Lipinski definition) is 7. The van der Waals surface area contributed by atoms with Gasteiger partial charge in [0.15, 0.2) is 5.65 Å². The Morgan fingerprint density at radius 2 is 2.15 bits per heavy atom. The Hall–Kier alpha value is -3.36. The van der Waals surface area contributed by atoms with Crippen LogP contribution in [0.4, 0.5) is 10.6 Å². The second kappa shape index (κ2) is 8.35. The van der Waals surface area contributed by atoms with Crippen molar-refractivity contribution >= 4 is 17.6 Å². The van der Waals surface area contributed by atoms with Crippen LogP contribution in [-0.4, -0.2) is 64.4 Å². The molecule has 3 aromatic rings. The van der Waals surface area contributed by atoms with Gasteiger partial charge in [0.1, 0.15) is 11.6 Å². The highest BCUT2D eigenvalue weighted by Gasteiger charge is 2.13. The summed E-state index contributed by atoms with van der Waals surface area (Å²) < 4.78 is 12.1. The molecule has 0 unspecified atom stereocenters. The first-order chi connectivity index (χ1) is 13.1. The number of fused-ring (bicyclic) bond motifs is 1. The lowest BCUT2D eigenvalue weighted by Crippen LogP contribution is -2.32. The van der Waals surface area contributed by atoms with Gasteiger partial charge >= 0.3 is 6.09 Å². The highest BCUT2D eigenvalue weighted by molar-refractivity contribution is 5.69. The zero-order valence-corrected chi connectivity index (χ0v) is 15.5. The summed E-state index contributed by atoms with van der Waals surface area (Å²) in [5.41, 5.74) is 2.38. The summed E-state index contributed by atoms with van der Waals surface area (Å²) in [5, 5.41) is 7.81. The number of amides is 1. The molecule has 0 saturated heterocycles. The molecule has 142 valence electrons. The molecule has 0 aliphatic carbocycles. The molecular weight excluding hydrogens is 348 g/mol. The average molecular weight is 370 g/mol. The number of carbonyl (C=O) groups excluding carboxylic acids is 1. The summed E-state index contributed by atoms with van der Waals surface area (Å²) in [6.07, 6.45) is 4.76. The van der Waals surface area contributed by atoms with E-state index in [4.69, 9.17) is 9.47 Å². The minimum Gasteiger partial charge on any atom is -0.494 e. The number of methoxy groups -OCH3 is 1. The minimum atomic E-state index is -0.343. The fourth-order valence-electron chi connectivity index (χ4n) is 2.58. The van der Waals surface area contributed by atoms with E-state index in [9.17, 15) is 4.79 Å². The van der Waals surface area contributed by atoms with Gasteiger partial charge in [-0.25, -0.2) is 14.3 Å². The van der Waals surface area contributed by atoms with Crippen molar-refractivity contribution in [1.82, 2.24) is 24.5 Å². The molecule has 0 fully saturated rings. The zero-order valence-electron chi connectivity index (χ0n) is 15.5. The third-order valence-corrected chi connectivity index (χ3v) is 3.98. The van der Waals surface area contributed by atoms with Crippen LogP contribution in [0.5, 0.6) is 5.75 Å². The number of rotatable bonds is 7. The molecule has 3 aromatic heterocycles. The lowest BCUT2D eigenvalue weighted by atomic mass is 10.2. The van der Waals surface area contributed by atoms with Gasteiger partial charge in [-0.3, -0.25) is 4.98 Å². The van der Waals surface area contributed by atoms with Gasteiger partial charge < -0.3 is 19.7 Å². The van der Waals surface area contributed by atoms with E-state index in [1.165, 1.54) is 4.90 Å². The normalized spacial score (nSPS) is 10.6. The number of hydrogen-bond donors (Lipinski definition) is 1. The fraction of sp³-hybridized carbons (Fsp3) is 0.333. The van der Waals surface area contributed by atoms with Gasteiger partial charge in [-0.2, -0.15) is 0 Å². The average Bonchev–Trinajstić information content (AvgIpc) is 3.11. The van der Waals surface area contributed by atoms with Gasteiger partial charge in [0.05, 0.1) is 31.8 Å². The van der Waals surface area contributed by atoms with Crippen LogP contribution in [0.15, 0.2) is 36.8 Å². The Balaban J connectivity index is 1.76. The highest BCUT2D eigenvalue weighted by atomic mass is 16.6. The summed E-state index contributed by atoms with van der Waals surface area (Å²) in [6.45, 7) is 3.17. The molecule has 27 heavy (non-hydrogen) atoms. The van der Waals surface area contributed by atoms with Crippen LogP contribution >= 0.6 is 0 Å². The molecule has 0 aliphatic rings. The first-order valence-corrected chi connectivity index (χ1v) is 8.59. The lowest BCUT2D eigenvalue weighted by Gasteiger charge is -2.16. The molecule has 0 spiro atoms. The number of nitrogens with zero attached hydrogens (tertiary/aromatic N) is 5. The predicted molar refractivity (Wildman–Crippen MR) is 101 cm³/mol. The second-order valence-corrected chi connectivity index (χ2v) is 5.76. The Kier molecular flexibility index (Phi) is 5.70. The van der Waals surface area contributed by atoms with E-state index in [-0.39, 0.29) is 6.09 Å². The van der Waals surface area contributed by atoms with Crippen molar-refractivity contribution in [2.45, 2.75) is 6.92 Å². The first kappa shape index (κ1) is 18.4. The monoisotopic (exact) mass is 370 g/mol. The molecule has 3 heterocycles. The van der Waals surface area contributed by atoms with Crippen molar-refractivity contribution in [3.63, 3.8) is 0 Å². The quantitative estimate of drug-likeness (QED) is 0.682. The number of ether oxygens (including phenoxy) is 2. The summed E-state index contributed by atoms with van der Waals surface area (Å²) in [4.78, 5) is 21.6. The predicted octanol–water partition coefficient (Wildman–Crippen LogP) is 2.30. The Bertz CT molecular complexity index is 926. The van der Waals surface area contributed by atoms with Gasteiger partial charge in [-0.05, 0) is 25.1 Å². The Morgan fingerprint density at radius 3 is 2.93 bits per heavy atom. The topological polar surface area (TPSA) is 93.9 Å². The van der Waals surface area contributed by atoms with Crippen molar-refractivity contribution in [2.75, 3.05) is 39.2 Å². The van der Waals surface area contributed by atoms with Crippen LogP contribution in [0.2, 0.25) is 0 Å². The van der Waals surface area contributed by atoms with Crippen molar-refractivity contribution < 1.29 is 14.3 Å². The van der Waals surface area contributed by atoms with Gasteiger partial charge in [0, 0.05) is 31.9 Å². The fourth-order valence-corrected chi connectivity index (χ4v) is 2.58. The van der Waals surface area contributed by atoms with Gasteiger partial charge in [-0.15, -0.1) is 5.10 Å². The highest BCUT2D eigenvalue weighted by Crippen LogP contribution is 2.28. The van der Waals surface area contributed by atoms with Crippen LogP contribution < -0.4 is 10.1 Å². The minimum absolute atomic E-state index is 0.343. The summed E-state index contributed by atoms with van der Waals surface area (Å²) in [5.74, 6) is 1.32. The summed E-state index contributed by atoms with van der Waals surface area (Å²) >= 11 is 0. The van der Waals surface area contributed by atoms with Crippen LogP contribution in [-0.2, 0) is 4.74 Å². The molecule has 0 atom stereocenters. The van der Waals surface area contributed by atoms with E-state index in [1.54, 1.807) is 44.2 Å². The Labute approximate surface area is 156 Å². The maximum Gasteiger partial charge on any atom is 0.409 e. The van der Waals surface area contributed by atoms with Crippen LogP contribution in [0.3, 0.4) is 0 Å². The van der Waals surface area contributed by atoms with Crippen LogP contribution in [0, 0.1) is 0 Å². The molecule has 9 heteroatoms. The summed E-state index contributed by atoms with van der Waals surface area (Å²) in [7, 11) is 3.30. The molecule has 0 aliphatic heterocycles. The Morgan fingerprint density at radius 1 is 1.30 bits per heavy atom. The number of likely N-dealkylation sites (N-methyl/N-ethyl adjacent to an activating group) is 1. The molecule has 0 saturated carbocycles. The molecule has 9 nitrogen and oxygen atoms in total. The maximum absolute atomic E-state index is 11.6. The SMILES string of the molecule is CCOC(=O)N(C)CCNc1ccc2ncc(-c3ccncc3OC)n2n1. The van der Waals surface area contributed by atoms with Crippen molar-refractivity contribution in [3.8, 4) is 17.0 Å². The van der Waals surface area contributed by atoms with E-state index in [0.29, 0.717) is 31.3 Å². The van der Waals surface area contributed by atoms with Crippen molar-refractivity contribution in [2.24, 2.45) is 0 Å².